The van der Waals surface area contributed by atoms with Crippen LogP contribution in [0.3, 0.4) is 0 Å². The van der Waals surface area contributed by atoms with Crippen LogP contribution in [-0.2, 0) is 9.59 Å². The summed E-state index contributed by atoms with van der Waals surface area (Å²) >= 11 is 0. The molecule has 5 aliphatic rings. The molecule has 31 heavy (non-hydrogen) atoms. The van der Waals surface area contributed by atoms with Gasteiger partial charge in [-0.25, -0.2) is 0 Å². The van der Waals surface area contributed by atoms with Crippen LogP contribution in [0, 0.1) is 35.0 Å². The number of carbonyl (C=O) groups excluding carboxylic acids is 2. The monoisotopic (exact) mass is 427 g/mol. The largest absolute Gasteiger partial charge is 0.356 e. The Morgan fingerprint density at radius 2 is 1.58 bits per heavy atom. The average Bonchev–Trinajstić information content (AvgIpc) is 3.12. The van der Waals surface area contributed by atoms with E-state index in [2.05, 4.69) is 34.6 Å². The van der Waals surface area contributed by atoms with Crippen molar-refractivity contribution in [3.63, 3.8) is 0 Å². The zero-order valence-corrected chi connectivity index (χ0v) is 19.3. The maximum Gasteiger partial charge on any atom is 0.224 e. The predicted molar refractivity (Wildman–Crippen MR) is 122 cm³/mol. The molecule has 1 aliphatic heterocycles. The summed E-state index contributed by atoms with van der Waals surface area (Å²) in [5, 5.41) is 6.59. The van der Waals surface area contributed by atoms with E-state index in [0.717, 1.165) is 44.7 Å². The Labute approximate surface area is 187 Å². The number of nitrogens with zero attached hydrogens (tertiary/aromatic N) is 1. The van der Waals surface area contributed by atoms with Crippen molar-refractivity contribution in [2.45, 2.75) is 77.2 Å². The third kappa shape index (κ3) is 4.19. The van der Waals surface area contributed by atoms with Gasteiger partial charge in [0.25, 0.3) is 0 Å². The fraction of sp³-hybridized carbons (Fsp3) is 0.846. The van der Waals surface area contributed by atoms with Crippen molar-refractivity contribution in [2.75, 3.05) is 26.2 Å². The van der Waals surface area contributed by atoms with Crippen LogP contribution in [0.25, 0.3) is 0 Å². The fourth-order valence-corrected chi connectivity index (χ4v) is 7.21. The highest BCUT2D eigenvalue weighted by Gasteiger charge is 2.69. The molecule has 1 spiro atoms. The Bertz CT molecular complexity index is 701. The van der Waals surface area contributed by atoms with Crippen molar-refractivity contribution in [2.24, 2.45) is 35.0 Å². The lowest BCUT2D eigenvalue weighted by molar-refractivity contribution is -0.135. The summed E-state index contributed by atoms with van der Waals surface area (Å²) < 4.78 is 0. The molecule has 0 aromatic heterocycles. The van der Waals surface area contributed by atoms with Gasteiger partial charge >= 0.3 is 0 Å². The van der Waals surface area contributed by atoms with Gasteiger partial charge in [0.15, 0.2) is 0 Å². The zero-order valence-electron chi connectivity index (χ0n) is 19.3. The second-order valence-electron chi connectivity index (χ2n) is 11.2. The number of nitrogens with one attached hydrogen (secondary N) is 2. The van der Waals surface area contributed by atoms with E-state index in [0.29, 0.717) is 6.04 Å². The Kier molecular flexibility index (Phi) is 6.15. The highest BCUT2D eigenvalue weighted by molar-refractivity contribution is 5.90. The van der Waals surface area contributed by atoms with Crippen LogP contribution in [0.2, 0.25) is 0 Å². The molecule has 2 bridgehead atoms. The molecule has 4 aliphatic carbocycles. The third-order valence-corrected chi connectivity index (χ3v) is 9.21. The van der Waals surface area contributed by atoms with Gasteiger partial charge in [0.05, 0.1) is 11.8 Å². The van der Waals surface area contributed by atoms with Gasteiger partial charge in [-0.3, -0.25) is 9.59 Å². The minimum atomic E-state index is -0.168. The molecular formula is C26H41N3O2. The van der Waals surface area contributed by atoms with Gasteiger partial charge in [-0.05, 0) is 107 Å². The standard InChI is InChI=1S/C26H41N3O2/c1-18-6-8-19(9-7-18)28-25(31)23-21-11-10-20(26(21)12-13-26)22(23)24(30)27-14-2-3-15-29-16-4-5-17-29/h10-11,18-23H,2-9,12-17H2,1H3,(H,27,30)(H,28,31)/t18?,19?,20-,21-,22-,23-/m1/s1. The first kappa shape index (κ1) is 21.5. The minimum Gasteiger partial charge on any atom is -0.356 e. The highest BCUT2D eigenvalue weighted by Crippen LogP contribution is 2.72. The van der Waals surface area contributed by atoms with Crippen molar-refractivity contribution in [3.05, 3.63) is 12.2 Å². The molecule has 4 fully saturated rings. The number of carbonyl (C=O) groups is 2. The van der Waals surface area contributed by atoms with Crippen LogP contribution in [0.4, 0.5) is 0 Å². The zero-order chi connectivity index (χ0) is 21.4. The number of hydrogen-bond donors (Lipinski definition) is 2. The second-order valence-corrected chi connectivity index (χ2v) is 11.2. The normalized spacial score (nSPS) is 38.0. The van der Waals surface area contributed by atoms with Gasteiger partial charge in [0.2, 0.25) is 11.8 Å². The molecule has 172 valence electrons. The summed E-state index contributed by atoms with van der Waals surface area (Å²) in [7, 11) is 0. The lowest BCUT2D eigenvalue weighted by Crippen LogP contribution is -2.47. The SMILES string of the molecule is CC1CCC(NC(=O)[C@H]2[C@H](C(=O)NCCCCN3CCCC3)[C@H]3C=C[C@H]2C32CC2)CC1. The van der Waals surface area contributed by atoms with Gasteiger partial charge in [0.1, 0.15) is 0 Å². The molecule has 1 saturated heterocycles. The summed E-state index contributed by atoms with van der Waals surface area (Å²) in [6, 6.07) is 0.302. The molecule has 0 radical (unpaired) electrons. The molecule has 5 heteroatoms. The molecule has 5 nitrogen and oxygen atoms in total. The molecule has 4 atom stereocenters. The molecule has 3 saturated carbocycles. The van der Waals surface area contributed by atoms with E-state index in [1.54, 1.807) is 0 Å². The lowest BCUT2D eigenvalue weighted by Gasteiger charge is -2.31. The van der Waals surface area contributed by atoms with Crippen LogP contribution < -0.4 is 10.6 Å². The van der Waals surface area contributed by atoms with Crippen LogP contribution in [0.5, 0.6) is 0 Å². The van der Waals surface area contributed by atoms with Crippen LogP contribution in [-0.4, -0.2) is 48.9 Å². The first-order chi connectivity index (χ1) is 15.1. The Morgan fingerprint density at radius 1 is 0.935 bits per heavy atom. The molecule has 1 heterocycles. The molecule has 5 rings (SSSR count). The summed E-state index contributed by atoms with van der Waals surface area (Å²) in [6.07, 6.45) is 16.3. The van der Waals surface area contributed by atoms with E-state index >= 15 is 0 Å². The van der Waals surface area contributed by atoms with Crippen LogP contribution in [0.15, 0.2) is 12.2 Å². The smallest absolute Gasteiger partial charge is 0.224 e. The van der Waals surface area contributed by atoms with Gasteiger partial charge in [0, 0.05) is 12.6 Å². The Hall–Kier alpha value is -1.36. The Balaban J connectivity index is 1.16. The first-order valence-corrected chi connectivity index (χ1v) is 13.1. The second kappa shape index (κ2) is 8.88. The number of unbranched alkanes of at least 4 members (excludes halogenated alkanes) is 1. The molecule has 0 aromatic rings. The molecular weight excluding hydrogens is 386 g/mol. The summed E-state index contributed by atoms with van der Waals surface area (Å²) in [4.78, 5) is 29.2. The maximum absolute atomic E-state index is 13.4. The van der Waals surface area contributed by atoms with E-state index < -0.39 is 0 Å². The van der Waals surface area contributed by atoms with Crippen molar-refractivity contribution in [1.82, 2.24) is 15.5 Å². The van der Waals surface area contributed by atoms with E-state index in [1.807, 2.05) is 0 Å². The minimum absolute atomic E-state index is 0.127. The topological polar surface area (TPSA) is 61.4 Å². The number of hydrogen-bond acceptors (Lipinski definition) is 3. The number of allylic oxidation sites excluding steroid dienone is 2. The average molecular weight is 428 g/mol. The maximum atomic E-state index is 13.4. The highest BCUT2D eigenvalue weighted by atomic mass is 16.2. The van der Waals surface area contributed by atoms with Crippen molar-refractivity contribution < 1.29 is 9.59 Å². The number of likely N-dealkylation sites (tertiary alicyclic amines) is 1. The predicted octanol–water partition coefficient (Wildman–Crippen LogP) is 3.50. The van der Waals surface area contributed by atoms with Crippen LogP contribution >= 0.6 is 0 Å². The summed E-state index contributed by atoms with van der Waals surface area (Å²) in [5.74, 6) is 1.26. The molecule has 0 aromatic carbocycles. The molecule has 2 amide bonds. The van der Waals surface area contributed by atoms with Crippen molar-refractivity contribution in [3.8, 4) is 0 Å². The lowest BCUT2D eigenvalue weighted by atomic mass is 9.81. The molecule has 0 unspecified atom stereocenters. The van der Waals surface area contributed by atoms with Gasteiger partial charge in [-0.2, -0.15) is 0 Å². The quantitative estimate of drug-likeness (QED) is 0.460. The summed E-state index contributed by atoms with van der Waals surface area (Å²) in [6.45, 7) is 6.68. The van der Waals surface area contributed by atoms with Crippen LogP contribution in [0.1, 0.15) is 71.1 Å². The van der Waals surface area contributed by atoms with Gasteiger partial charge in [-0.1, -0.05) is 19.1 Å². The van der Waals surface area contributed by atoms with Gasteiger partial charge < -0.3 is 15.5 Å². The number of amides is 2. The van der Waals surface area contributed by atoms with Crippen molar-refractivity contribution >= 4 is 11.8 Å². The third-order valence-electron chi connectivity index (χ3n) is 9.21. The van der Waals surface area contributed by atoms with E-state index in [-0.39, 0.29) is 40.9 Å². The van der Waals surface area contributed by atoms with E-state index in [9.17, 15) is 9.59 Å². The van der Waals surface area contributed by atoms with E-state index in [4.69, 9.17) is 0 Å². The van der Waals surface area contributed by atoms with Crippen molar-refractivity contribution in [1.29, 1.82) is 0 Å². The number of rotatable bonds is 8. The molecule has 2 N–H and O–H groups in total. The first-order valence-electron chi connectivity index (χ1n) is 13.1. The van der Waals surface area contributed by atoms with Gasteiger partial charge in [-0.15, -0.1) is 0 Å². The van der Waals surface area contributed by atoms with E-state index in [1.165, 1.54) is 51.6 Å². The Morgan fingerprint density at radius 3 is 2.23 bits per heavy atom. The fourth-order valence-electron chi connectivity index (χ4n) is 7.21. The summed E-state index contributed by atoms with van der Waals surface area (Å²) in [5.41, 5.74) is 0.223.